The second-order valence-corrected chi connectivity index (χ2v) is 9.97. The third-order valence-corrected chi connectivity index (χ3v) is 7.34. The molecule has 2 bridgehead atoms. The maximum Gasteiger partial charge on any atom is 0.460 e. The largest absolute Gasteiger partial charge is 0.493 e. The van der Waals surface area contributed by atoms with Gasteiger partial charge >= 0.3 is 53.3 Å². The zero-order valence-electron chi connectivity index (χ0n) is 21.4. The highest BCUT2D eigenvalue weighted by atomic mass is 19.4. The number of hydrogen-bond acceptors (Lipinski definition) is 5. The van der Waals surface area contributed by atoms with Crippen LogP contribution in [0.5, 0.6) is 5.88 Å². The zero-order chi connectivity index (χ0) is 34.7. The first-order chi connectivity index (χ1) is 20.1. The highest BCUT2D eigenvalue weighted by Gasteiger charge is 2.94. The van der Waals surface area contributed by atoms with Crippen molar-refractivity contribution in [1.82, 2.24) is 19.0 Å². The highest BCUT2D eigenvalue weighted by Crippen LogP contribution is 2.63. The molecule has 2 atom stereocenters. The number of aromatic nitrogens is 3. The molecule has 45 heavy (non-hydrogen) atoms. The van der Waals surface area contributed by atoms with E-state index in [4.69, 9.17) is 5.26 Å². The Morgan fingerprint density at radius 3 is 1.91 bits per heavy atom. The summed E-state index contributed by atoms with van der Waals surface area (Å²) in [5.74, 6) is -53.5. The molecule has 1 amide bonds. The molecule has 0 aliphatic carbocycles. The van der Waals surface area contributed by atoms with Gasteiger partial charge in [0.05, 0.1) is 24.0 Å². The number of nitrogens with zero attached hydrogens (tertiary/aromatic N) is 5. The molecule has 0 saturated carbocycles. The molecule has 8 nitrogen and oxygen atoms in total. The molecule has 248 valence electrons. The average Bonchev–Trinajstić information content (AvgIpc) is 3.57. The van der Waals surface area contributed by atoms with E-state index >= 15 is 0 Å². The molecule has 1 saturated heterocycles. The summed E-state index contributed by atoms with van der Waals surface area (Å²) in [4.78, 5) is 28.7. The molecular weight excluding hydrogens is 667 g/mol. The number of nitriles is 1. The number of carbonyl (C=O) groups excluding carboxylic acids is 1. The van der Waals surface area contributed by atoms with Crippen LogP contribution in [0.3, 0.4) is 0 Å². The first-order valence-electron chi connectivity index (χ1n) is 11.7. The van der Waals surface area contributed by atoms with Crippen LogP contribution < -0.4 is 5.69 Å². The van der Waals surface area contributed by atoms with E-state index in [0.29, 0.717) is 9.13 Å². The minimum absolute atomic E-state index is 0.139. The molecule has 2 aliphatic heterocycles. The molecule has 0 aromatic carbocycles. The molecule has 1 N–H and O–H groups in total. The van der Waals surface area contributed by atoms with Crippen LogP contribution in [-0.2, 0) is 4.79 Å². The summed E-state index contributed by atoms with van der Waals surface area (Å²) >= 11 is 0. The number of hydrogen-bond donors (Lipinski definition) is 1. The van der Waals surface area contributed by atoms with E-state index in [0.717, 1.165) is 12.3 Å². The fourth-order valence-electron chi connectivity index (χ4n) is 4.98. The van der Waals surface area contributed by atoms with E-state index in [-0.39, 0.29) is 16.9 Å². The van der Waals surface area contributed by atoms with Gasteiger partial charge in [0.15, 0.2) is 0 Å². The molecule has 0 radical (unpaired) electrons. The first kappa shape index (κ1) is 33.8. The Morgan fingerprint density at radius 2 is 1.42 bits per heavy atom. The number of rotatable bonds is 7. The number of amides is 1. The summed E-state index contributed by atoms with van der Waals surface area (Å²) in [6.07, 6.45) is -7.54. The van der Waals surface area contributed by atoms with Gasteiger partial charge in [0.1, 0.15) is 17.5 Å². The zero-order valence-corrected chi connectivity index (χ0v) is 21.4. The lowest BCUT2D eigenvalue weighted by Crippen LogP contribution is -2.74. The van der Waals surface area contributed by atoms with Gasteiger partial charge in [-0.1, -0.05) is 0 Å². The molecular formula is C22H12F15N5O3. The SMILES string of the molecule is Cc1cc(-n2c(O)c3n(c2=O)C2CC3N(C(=O)C(F)(F)C(F)(F)C(F)(F)C(F)(F)C(F)(F)C(F)(F)C(F)(F)F)C2)cnc1C#N. The number of aryl methyl sites for hydroxylation is 1. The van der Waals surface area contributed by atoms with Crippen molar-refractivity contribution in [1.29, 1.82) is 5.26 Å². The smallest absolute Gasteiger partial charge is 0.460 e. The van der Waals surface area contributed by atoms with Gasteiger partial charge in [-0.2, -0.15) is 71.1 Å². The van der Waals surface area contributed by atoms with Gasteiger partial charge in [-0.3, -0.25) is 9.36 Å². The van der Waals surface area contributed by atoms with Crippen LogP contribution in [0.4, 0.5) is 65.9 Å². The van der Waals surface area contributed by atoms with Crippen molar-refractivity contribution in [3.8, 4) is 17.6 Å². The van der Waals surface area contributed by atoms with E-state index in [1.54, 1.807) is 6.07 Å². The van der Waals surface area contributed by atoms with Crippen LogP contribution >= 0.6 is 0 Å². The molecule has 2 aromatic heterocycles. The molecule has 2 aromatic rings. The maximum absolute atomic E-state index is 14.7. The lowest BCUT2D eigenvalue weighted by molar-refractivity contribution is -0.450. The van der Waals surface area contributed by atoms with Crippen molar-refractivity contribution >= 4 is 5.91 Å². The van der Waals surface area contributed by atoms with Crippen molar-refractivity contribution in [2.75, 3.05) is 6.54 Å². The Morgan fingerprint density at radius 1 is 0.911 bits per heavy atom. The predicted molar refractivity (Wildman–Crippen MR) is 113 cm³/mol. The lowest BCUT2D eigenvalue weighted by atomic mass is 9.90. The Hall–Kier alpha value is -4.13. The van der Waals surface area contributed by atoms with Gasteiger partial charge in [0.2, 0.25) is 5.88 Å². The number of aromatic hydroxyl groups is 1. The second kappa shape index (κ2) is 9.44. The Bertz CT molecular complexity index is 1670. The second-order valence-electron chi connectivity index (χ2n) is 9.97. The van der Waals surface area contributed by atoms with Crippen LogP contribution in [0, 0.1) is 18.3 Å². The van der Waals surface area contributed by atoms with Crippen LogP contribution in [0.1, 0.15) is 35.5 Å². The number of pyridine rings is 1. The number of carbonyl (C=O) groups is 1. The van der Waals surface area contributed by atoms with Gasteiger partial charge in [0, 0.05) is 6.54 Å². The third kappa shape index (κ3) is 4.05. The maximum atomic E-state index is 14.7. The summed E-state index contributed by atoms with van der Waals surface area (Å²) in [6.45, 7) is 0.104. The van der Waals surface area contributed by atoms with Crippen molar-refractivity contribution in [2.24, 2.45) is 0 Å². The van der Waals surface area contributed by atoms with Gasteiger partial charge in [-0.25, -0.2) is 14.3 Å². The summed E-state index contributed by atoms with van der Waals surface area (Å²) < 4.78 is 205. The standard InChI is InChI=1S/C22H12F15N5O3/c1-7-2-8(5-39-10(7)4-38)42-13(43)12-11-3-9(41(12)15(42)45)6-40(11)14(44)16(23,24)17(25,26)18(27,28)19(29,30)20(31,32)21(33,34)22(35,36)37/h2,5,9,11,43H,3,6H2,1H3. The van der Waals surface area contributed by atoms with Crippen LogP contribution in [0.2, 0.25) is 0 Å². The van der Waals surface area contributed by atoms with Crippen molar-refractivity contribution < 1.29 is 75.8 Å². The summed E-state index contributed by atoms with van der Waals surface area (Å²) in [6, 6.07) is -0.722. The molecule has 0 spiro atoms. The molecule has 1 fully saturated rings. The number of likely N-dealkylation sites (tertiary alicyclic amines) is 1. The minimum Gasteiger partial charge on any atom is -0.493 e. The fraction of sp³-hybridized carbons (Fsp3) is 0.545. The monoisotopic (exact) mass is 679 g/mol. The van der Waals surface area contributed by atoms with Gasteiger partial charge in [-0.15, -0.1) is 0 Å². The van der Waals surface area contributed by atoms with Gasteiger partial charge in [-0.05, 0) is 25.0 Å². The summed E-state index contributed by atoms with van der Waals surface area (Å²) in [7, 11) is 0. The minimum atomic E-state index is -8.56. The van der Waals surface area contributed by atoms with E-state index in [9.17, 15) is 80.6 Å². The van der Waals surface area contributed by atoms with E-state index < -0.39 is 94.8 Å². The van der Waals surface area contributed by atoms with E-state index in [1.165, 1.54) is 6.92 Å². The van der Waals surface area contributed by atoms with Gasteiger partial charge < -0.3 is 10.0 Å². The Balaban J connectivity index is 1.73. The predicted octanol–water partition coefficient (Wildman–Crippen LogP) is 5.12. The van der Waals surface area contributed by atoms with Gasteiger partial charge in [0.25, 0.3) is 0 Å². The number of alkyl halides is 15. The van der Waals surface area contributed by atoms with Crippen LogP contribution in [0.15, 0.2) is 17.1 Å². The molecule has 4 heterocycles. The van der Waals surface area contributed by atoms with E-state index in [1.807, 2.05) is 0 Å². The molecule has 4 rings (SSSR count). The summed E-state index contributed by atoms with van der Waals surface area (Å²) in [5, 5.41) is 19.6. The normalized spacial score (nSPS) is 19.6. The number of fused-ring (bicyclic) bond motifs is 5. The van der Waals surface area contributed by atoms with Crippen LogP contribution in [-0.4, -0.2) is 78.3 Å². The molecule has 2 aliphatic rings. The highest BCUT2D eigenvalue weighted by molar-refractivity contribution is 5.86. The van der Waals surface area contributed by atoms with Crippen molar-refractivity contribution in [3.63, 3.8) is 0 Å². The number of halogens is 15. The topological polar surface area (TPSA) is 104 Å². The number of imidazole rings is 1. The van der Waals surface area contributed by atoms with Crippen molar-refractivity contribution in [2.45, 2.75) is 67.1 Å². The first-order valence-corrected chi connectivity index (χ1v) is 11.7. The Kier molecular flexibility index (Phi) is 7.08. The lowest BCUT2D eigenvalue weighted by Gasteiger charge is -2.42. The third-order valence-electron chi connectivity index (χ3n) is 7.34. The Labute approximate surface area is 237 Å². The van der Waals surface area contributed by atoms with Crippen molar-refractivity contribution in [3.05, 3.63) is 39.7 Å². The van der Waals surface area contributed by atoms with Crippen LogP contribution in [0.25, 0.3) is 5.69 Å². The summed E-state index contributed by atoms with van der Waals surface area (Å²) in [5.41, 5.74) is -2.18. The average molecular weight is 679 g/mol. The quantitative estimate of drug-likeness (QED) is 0.410. The van der Waals surface area contributed by atoms with E-state index in [2.05, 4.69) is 4.98 Å². The molecule has 23 heteroatoms. The molecule has 2 unspecified atom stereocenters. The fourth-order valence-corrected chi connectivity index (χ4v) is 4.98.